The number of benzene rings is 2. The molecule has 3 N–H and O–H groups in total. The van der Waals surface area contributed by atoms with E-state index in [2.05, 4.69) is 10.6 Å². The zero-order chi connectivity index (χ0) is 24.7. The van der Waals surface area contributed by atoms with Crippen LogP contribution in [0.5, 0.6) is 0 Å². The van der Waals surface area contributed by atoms with Crippen molar-refractivity contribution in [2.75, 3.05) is 13.2 Å². The van der Waals surface area contributed by atoms with Crippen molar-refractivity contribution in [3.05, 3.63) is 59.7 Å². The predicted molar refractivity (Wildman–Crippen MR) is 128 cm³/mol. The van der Waals surface area contributed by atoms with Gasteiger partial charge in [0.25, 0.3) is 0 Å². The molecule has 2 aromatic rings. The number of alkyl carbamates (subject to hydrolysis) is 2. The van der Waals surface area contributed by atoms with Crippen LogP contribution in [0.15, 0.2) is 48.5 Å². The Kier molecular flexibility index (Phi) is 8.15. The van der Waals surface area contributed by atoms with E-state index < -0.39 is 29.8 Å². The van der Waals surface area contributed by atoms with Crippen LogP contribution in [-0.2, 0) is 14.3 Å². The number of carboxylic acids is 1. The average Bonchev–Trinajstić information content (AvgIpc) is 3.09. The summed E-state index contributed by atoms with van der Waals surface area (Å²) >= 11 is 0. The molecule has 1 atom stereocenters. The summed E-state index contributed by atoms with van der Waals surface area (Å²) in [5.74, 6) is -1.23. The highest BCUT2D eigenvalue weighted by Gasteiger charge is 2.29. The molecule has 182 valence electrons. The largest absolute Gasteiger partial charge is 0.480 e. The van der Waals surface area contributed by atoms with Gasteiger partial charge < -0.3 is 25.2 Å². The van der Waals surface area contributed by atoms with E-state index in [9.17, 15) is 19.5 Å². The molecule has 0 unspecified atom stereocenters. The lowest BCUT2D eigenvalue weighted by atomic mass is 9.98. The summed E-state index contributed by atoms with van der Waals surface area (Å²) in [6, 6.07) is 14.9. The number of nitrogens with one attached hydrogen (secondary N) is 2. The second-order valence-electron chi connectivity index (χ2n) is 9.29. The number of ether oxygens (including phenoxy) is 2. The smallest absolute Gasteiger partial charge is 0.407 e. The number of carboxylic acid groups (broad SMARTS) is 1. The van der Waals surface area contributed by atoms with Gasteiger partial charge in [-0.25, -0.2) is 14.4 Å². The van der Waals surface area contributed by atoms with Crippen LogP contribution in [0.3, 0.4) is 0 Å². The van der Waals surface area contributed by atoms with Crippen molar-refractivity contribution in [2.24, 2.45) is 0 Å². The molecule has 2 aromatic carbocycles. The first-order valence-corrected chi connectivity index (χ1v) is 11.5. The summed E-state index contributed by atoms with van der Waals surface area (Å²) in [4.78, 5) is 35.6. The summed E-state index contributed by atoms with van der Waals surface area (Å²) in [5.41, 5.74) is 3.84. The fraction of sp³-hybridized carbons (Fsp3) is 0.423. The first-order chi connectivity index (χ1) is 16.2. The monoisotopic (exact) mass is 476 g/mol. The van der Waals surface area contributed by atoms with Gasteiger partial charge in [0.2, 0.25) is 0 Å². The Morgan fingerprint density at radius 1 is 0.941 bits per heavy atom. The molecule has 3 rings (SSSR count). The topological polar surface area (TPSA) is 114 Å². The van der Waals surface area contributed by atoms with Crippen LogP contribution < -0.4 is 10.6 Å². The minimum absolute atomic E-state index is 0.0969. The minimum Gasteiger partial charge on any atom is -0.480 e. The average molecular weight is 476 g/mol. The van der Waals surface area contributed by atoms with Crippen LogP contribution in [-0.4, -0.2) is 48.1 Å². The molecule has 0 heterocycles. The number of hydrogen-bond donors (Lipinski definition) is 3. The molecular formula is C26H32N2O6. The molecule has 0 saturated heterocycles. The van der Waals surface area contributed by atoms with Crippen LogP contribution >= 0.6 is 0 Å². The van der Waals surface area contributed by atoms with Gasteiger partial charge in [-0.1, -0.05) is 48.5 Å². The molecule has 0 saturated carbocycles. The van der Waals surface area contributed by atoms with Gasteiger partial charge in [-0.2, -0.15) is 0 Å². The fourth-order valence-electron chi connectivity index (χ4n) is 4.02. The van der Waals surface area contributed by atoms with E-state index in [0.717, 1.165) is 22.3 Å². The van der Waals surface area contributed by atoms with Gasteiger partial charge in [0, 0.05) is 12.5 Å². The molecule has 8 nitrogen and oxygen atoms in total. The van der Waals surface area contributed by atoms with Gasteiger partial charge in [0.1, 0.15) is 18.2 Å². The molecule has 0 aromatic heterocycles. The van der Waals surface area contributed by atoms with Crippen molar-refractivity contribution in [2.45, 2.75) is 57.6 Å². The van der Waals surface area contributed by atoms with Crippen molar-refractivity contribution in [3.8, 4) is 11.1 Å². The summed E-state index contributed by atoms with van der Waals surface area (Å²) in [6.45, 7) is 5.80. The number of carbonyl (C=O) groups is 3. The SMILES string of the molecule is CC(C)(C)OC(=O)[15NH][13CH2][13CH2][13CH2][13CH2][13C@H]([15NH]C(=O)OCC1c2ccccc2-c2ccccc21)[13C](=O)O. The van der Waals surface area contributed by atoms with Crippen molar-refractivity contribution >= 4 is 18.2 Å². The van der Waals surface area contributed by atoms with Gasteiger partial charge in [0.05, 0.1) is 0 Å². The molecule has 0 aliphatic heterocycles. The van der Waals surface area contributed by atoms with Crippen molar-refractivity contribution in [1.82, 2.24) is 10.6 Å². The van der Waals surface area contributed by atoms with Crippen molar-refractivity contribution in [3.63, 3.8) is 0 Å². The van der Waals surface area contributed by atoms with E-state index in [4.69, 9.17) is 9.47 Å². The number of rotatable bonds is 9. The number of hydrogen-bond acceptors (Lipinski definition) is 5. The third-order valence-electron chi connectivity index (χ3n) is 5.52. The molecule has 1 aliphatic carbocycles. The number of fused-ring (bicyclic) bond motifs is 3. The minimum atomic E-state index is -1.13. The highest BCUT2D eigenvalue weighted by atomic mass is 16.6. The van der Waals surface area contributed by atoms with Crippen molar-refractivity contribution < 1.29 is 29.0 Å². The lowest BCUT2D eigenvalue weighted by Crippen LogP contribution is -2.41. The number of amides is 2. The lowest BCUT2D eigenvalue weighted by molar-refractivity contribution is -0.139. The third-order valence-corrected chi connectivity index (χ3v) is 5.52. The normalized spacial score (nSPS) is 13.4. The van der Waals surface area contributed by atoms with Gasteiger partial charge >= 0.3 is 18.2 Å². The van der Waals surface area contributed by atoms with Gasteiger partial charge in [-0.3, -0.25) is 0 Å². The maximum Gasteiger partial charge on any atom is 0.407 e. The van der Waals surface area contributed by atoms with Crippen LogP contribution in [0, 0.1) is 0 Å². The molecular weight excluding hydrogens is 444 g/mol. The maximum atomic E-state index is 12.4. The molecule has 0 bridgehead atoms. The second-order valence-corrected chi connectivity index (χ2v) is 9.29. The van der Waals surface area contributed by atoms with Gasteiger partial charge in [-0.05, 0) is 62.3 Å². The molecule has 0 radical (unpaired) electrons. The first-order valence-electron chi connectivity index (χ1n) is 11.5. The highest BCUT2D eigenvalue weighted by Crippen LogP contribution is 2.44. The maximum absolute atomic E-state index is 12.4. The standard InChI is InChI=1S/C26H32N2O6/c1-26(2,3)34-24(31)27-15-9-8-14-22(23(29)30)28-25(32)33-16-21-19-12-6-4-10-17(19)18-11-5-7-13-20(18)21/h4-7,10-13,21-22H,8-9,14-16H2,1-3H3,(H,27,31)(H,28,32)(H,29,30)/t22-/m0/s1/i8+1,9+1,14+1,15+1,22+1,23+1,27+1,28+1. The molecule has 0 spiro atoms. The van der Waals surface area contributed by atoms with E-state index in [0.29, 0.717) is 19.4 Å². The second kappa shape index (κ2) is 11.0. The van der Waals surface area contributed by atoms with E-state index in [1.807, 2.05) is 48.5 Å². The van der Waals surface area contributed by atoms with E-state index in [1.165, 1.54) is 0 Å². The summed E-state index contributed by atoms with van der Waals surface area (Å²) in [5, 5.41) is 14.6. The summed E-state index contributed by atoms with van der Waals surface area (Å²) < 4.78 is 10.6. The molecule has 0 fully saturated rings. The highest BCUT2D eigenvalue weighted by molar-refractivity contribution is 5.81. The Morgan fingerprint density at radius 2 is 1.53 bits per heavy atom. The first kappa shape index (κ1) is 25.1. The number of aliphatic carboxylic acids is 1. The molecule has 8 heteroatoms. The number of carbonyl (C=O) groups excluding carboxylic acids is 2. The van der Waals surface area contributed by atoms with Gasteiger partial charge in [-0.15, -0.1) is 0 Å². The number of unbranched alkanes of at least 4 members (excludes halogenated alkanes) is 1. The predicted octanol–water partition coefficient (Wildman–Crippen LogP) is 4.67. The van der Waals surface area contributed by atoms with Crippen LogP contribution in [0.2, 0.25) is 0 Å². The van der Waals surface area contributed by atoms with Crippen LogP contribution in [0.25, 0.3) is 11.1 Å². The molecule has 34 heavy (non-hydrogen) atoms. The zero-order valence-electron chi connectivity index (χ0n) is 19.8. The van der Waals surface area contributed by atoms with E-state index in [1.54, 1.807) is 20.8 Å². The summed E-state index contributed by atoms with van der Waals surface area (Å²) in [7, 11) is 0. The van der Waals surface area contributed by atoms with Crippen LogP contribution in [0.4, 0.5) is 9.59 Å². The lowest BCUT2D eigenvalue weighted by Gasteiger charge is -2.20. The Morgan fingerprint density at radius 3 is 2.09 bits per heavy atom. The van der Waals surface area contributed by atoms with Crippen molar-refractivity contribution in [1.29, 1.82) is 0 Å². The molecule has 2 amide bonds. The zero-order valence-corrected chi connectivity index (χ0v) is 19.8. The molecule has 1 aliphatic rings. The Bertz CT molecular complexity index is 984. The Hall–Kier alpha value is -3.55. The summed E-state index contributed by atoms with van der Waals surface area (Å²) in [6.07, 6.45) is -0.0124. The van der Waals surface area contributed by atoms with E-state index >= 15 is 0 Å². The Balaban J connectivity index is 1.46. The third kappa shape index (κ3) is 6.73. The fourth-order valence-corrected chi connectivity index (χ4v) is 4.02. The van der Waals surface area contributed by atoms with Crippen LogP contribution in [0.1, 0.15) is 57.1 Å². The van der Waals surface area contributed by atoms with E-state index in [-0.39, 0.29) is 18.9 Å². The quantitative estimate of drug-likeness (QED) is 0.275. The van der Waals surface area contributed by atoms with Gasteiger partial charge in [0.15, 0.2) is 0 Å². The Labute approximate surface area is 199 Å².